The van der Waals surface area contributed by atoms with Crippen molar-refractivity contribution < 1.29 is 87.7 Å². The van der Waals surface area contributed by atoms with Gasteiger partial charge in [0.25, 0.3) is 0 Å². The summed E-state index contributed by atoms with van der Waals surface area (Å²) in [5.41, 5.74) is 1.22. The average molecular weight is 1170 g/mol. The van der Waals surface area contributed by atoms with Crippen molar-refractivity contribution in [2.75, 3.05) is 54.9 Å². The predicted molar refractivity (Wildman–Crippen MR) is 316 cm³/mol. The molecule has 83 heavy (non-hydrogen) atoms. The summed E-state index contributed by atoms with van der Waals surface area (Å²) in [5.74, 6) is -3.04. The largest absolute Gasteiger partial charge is 0.493 e. The highest BCUT2D eigenvalue weighted by Gasteiger charge is 2.37. The van der Waals surface area contributed by atoms with Gasteiger partial charge in [-0.05, 0) is 123 Å². The third-order valence-electron chi connectivity index (χ3n) is 14.5. The Bertz CT molecular complexity index is 2340. The van der Waals surface area contributed by atoms with E-state index in [-0.39, 0.29) is 56.0 Å². The van der Waals surface area contributed by atoms with Crippen LogP contribution >= 0.6 is 0 Å². The number of aliphatic hydroxyl groups is 4. The molecule has 10 atom stereocenters. The molecule has 0 aliphatic rings. The number of rotatable bonds is 36. The Labute approximate surface area is 492 Å². The van der Waals surface area contributed by atoms with Crippen molar-refractivity contribution in [1.29, 1.82) is 0 Å². The number of carboxylic acid groups (broad SMARTS) is 2. The Morgan fingerprint density at radius 2 is 0.904 bits per heavy atom. The molecule has 0 aromatic heterocycles. The van der Waals surface area contributed by atoms with E-state index < -0.39 is 89.9 Å². The Morgan fingerprint density at radius 3 is 1.24 bits per heavy atom. The molecule has 0 radical (unpaired) electrons. The van der Waals surface area contributed by atoms with Crippen molar-refractivity contribution >= 4 is 24.1 Å². The Morgan fingerprint density at radius 1 is 0.506 bits per heavy atom. The molecule has 0 aliphatic carbocycles. The Hall–Kier alpha value is -5.90. The van der Waals surface area contributed by atoms with Crippen molar-refractivity contribution in [3.05, 3.63) is 83.4 Å². The first-order valence-electron chi connectivity index (χ1n) is 28.8. The summed E-state index contributed by atoms with van der Waals surface area (Å²) < 4.78 is 43.6. The van der Waals surface area contributed by atoms with Crippen molar-refractivity contribution in [2.45, 2.75) is 163 Å². The molecular weight excluding hydrogens is 1070 g/mol. The van der Waals surface area contributed by atoms with Gasteiger partial charge in [-0.3, -0.25) is 9.59 Å². The molecule has 3 aromatic rings. The zero-order valence-corrected chi connectivity index (χ0v) is 51.8. The number of amides is 2. The molecule has 2 amide bonds. The van der Waals surface area contributed by atoms with E-state index in [9.17, 15) is 49.8 Å². The molecule has 20 heteroatoms. The van der Waals surface area contributed by atoms with Gasteiger partial charge in [0.05, 0.1) is 75.8 Å². The highest BCUT2D eigenvalue weighted by molar-refractivity contribution is 5.71. The van der Waals surface area contributed by atoms with E-state index in [1.807, 2.05) is 58.0 Å². The quantitative estimate of drug-likeness (QED) is 0.0251. The molecule has 3 rings (SSSR count). The maximum absolute atomic E-state index is 12.9. The molecule has 4 unspecified atom stereocenters. The molecular formula is C63H100N2O18. The second kappa shape index (κ2) is 37.4. The van der Waals surface area contributed by atoms with Gasteiger partial charge in [0.15, 0.2) is 23.0 Å². The highest BCUT2D eigenvalue weighted by atomic mass is 16.6. The number of alkyl carbamates (subject to hydrolysis) is 2. The van der Waals surface area contributed by atoms with Crippen LogP contribution in [0.5, 0.6) is 23.0 Å². The first-order chi connectivity index (χ1) is 39.1. The monoisotopic (exact) mass is 1170 g/mol. The topological polar surface area (TPSA) is 288 Å². The number of hydrogen-bond donors (Lipinski definition) is 8. The van der Waals surface area contributed by atoms with E-state index in [4.69, 9.17) is 37.9 Å². The van der Waals surface area contributed by atoms with Gasteiger partial charge >= 0.3 is 24.1 Å². The molecule has 3 aromatic carbocycles. The predicted octanol–water partition coefficient (Wildman–Crippen LogP) is 10.0. The van der Waals surface area contributed by atoms with Crippen molar-refractivity contribution in [3.8, 4) is 23.0 Å². The fourth-order valence-electron chi connectivity index (χ4n) is 9.53. The van der Waals surface area contributed by atoms with E-state index in [1.54, 1.807) is 113 Å². The minimum atomic E-state index is -1.20. The zero-order valence-electron chi connectivity index (χ0n) is 51.8. The van der Waals surface area contributed by atoms with E-state index in [0.717, 1.165) is 5.56 Å². The van der Waals surface area contributed by atoms with Crippen LogP contribution in [0.4, 0.5) is 9.59 Å². The maximum Gasteiger partial charge on any atom is 0.407 e. The fourth-order valence-corrected chi connectivity index (χ4v) is 9.53. The Kier molecular flexibility index (Phi) is 33.0. The number of carbonyl (C=O) groups excluding carboxylic acids is 2. The minimum absolute atomic E-state index is 0.0362. The van der Waals surface area contributed by atoms with Crippen LogP contribution in [0.2, 0.25) is 0 Å². The van der Waals surface area contributed by atoms with Gasteiger partial charge in [-0.1, -0.05) is 97.9 Å². The zero-order chi connectivity index (χ0) is 62.6. The summed E-state index contributed by atoms with van der Waals surface area (Å²) >= 11 is 0. The lowest BCUT2D eigenvalue weighted by molar-refractivity contribution is -0.145. The smallest absolute Gasteiger partial charge is 0.407 e. The summed E-state index contributed by atoms with van der Waals surface area (Å²) in [4.78, 5) is 49.3. The van der Waals surface area contributed by atoms with Crippen LogP contribution < -0.4 is 29.6 Å². The number of carbonyl (C=O) groups is 4. The molecule has 0 bridgehead atoms. The summed E-state index contributed by atoms with van der Waals surface area (Å²) in [5, 5.41) is 70.5. The van der Waals surface area contributed by atoms with E-state index in [0.29, 0.717) is 73.4 Å². The first kappa shape index (κ1) is 73.2. The van der Waals surface area contributed by atoms with Crippen molar-refractivity contribution in [1.82, 2.24) is 10.6 Å². The lowest BCUT2D eigenvalue weighted by atomic mass is 9.79. The van der Waals surface area contributed by atoms with Gasteiger partial charge in [-0.15, -0.1) is 0 Å². The lowest BCUT2D eigenvalue weighted by Gasteiger charge is -2.34. The van der Waals surface area contributed by atoms with Gasteiger partial charge in [0, 0.05) is 40.3 Å². The van der Waals surface area contributed by atoms with Crippen LogP contribution in [-0.4, -0.2) is 140 Å². The maximum atomic E-state index is 12.9. The Balaban J connectivity index is 0.000000568. The number of hydrogen-bond acceptors (Lipinski definition) is 16. The summed E-state index contributed by atoms with van der Waals surface area (Å²) in [6.07, 6.45) is -4.20. The van der Waals surface area contributed by atoms with Gasteiger partial charge < -0.3 is 79.2 Å². The van der Waals surface area contributed by atoms with Gasteiger partial charge in [-0.25, -0.2) is 9.59 Å². The number of aliphatic carboxylic acids is 2. The van der Waals surface area contributed by atoms with Crippen molar-refractivity contribution in [3.63, 3.8) is 0 Å². The van der Waals surface area contributed by atoms with Crippen LogP contribution in [-0.2, 0) is 35.1 Å². The highest BCUT2D eigenvalue weighted by Crippen LogP contribution is 2.39. The van der Waals surface area contributed by atoms with E-state index in [1.165, 1.54) is 0 Å². The number of nitrogens with one attached hydrogen (secondary N) is 2. The van der Waals surface area contributed by atoms with Crippen LogP contribution in [0, 0.1) is 47.3 Å². The number of methoxy groups -OCH3 is 4. The molecule has 0 spiro atoms. The molecule has 0 heterocycles. The van der Waals surface area contributed by atoms with E-state index in [2.05, 4.69) is 10.6 Å². The SMILES string of the molecule is COCCCOc1cc(C(O)[C@@H](C[C@H](NC(=O)OC(C)(C)C)[C@@H](O)CC(C(=O)O)C(C)C)C(C)C)ccc1OC.COCCCOc1cc(C(O)[C@@H](C[C@H](NC(=O)OCc2ccccc2)[C@@H](O)CC(C(=O)O)C(C)C)C(C)C)ccc1OC. The summed E-state index contributed by atoms with van der Waals surface area (Å²) in [7, 11) is 6.33. The number of aliphatic hydroxyl groups excluding tert-OH is 4. The average Bonchev–Trinajstić information content (AvgIpc) is 3.62. The van der Waals surface area contributed by atoms with Crippen LogP contribution in [0.3, 0.4) is 0 Å². The molecule has 0 saturated carbocycles. The van der Waals surface area contributed by atoms with Gasteiger partial charge in [0.1, 0.15) is 12.2 Å². The van der Waals surface area contributed by atoms with Crippen LogP contribution in [0.1, 0.15) is 144 Å². The molecule has 0 aliphatic heterocycles. The fraction of sp³-hybridized carbons (Fsp3) is 0.651. The third kappa shape index (κ3) is 26.3. The number of carboxylic acids is 2. The molecule has 470 valence electrons. The van der Waals surface area contributed by atoms with Crippen LogP contribution in [0.25, 0.3) is 0 Å². The lowest BCUT2D eigenvalue weighted by Crippen LogP contribution is -2.48. The number of benzene rings is 3. The standard InChI is InChI=1S/C33H49NO9.C30H51NO9/c1-21(2)25(31(36)24-13-14-29(41-6)30(17-24)42-16-10-15-40-5)18-27(28(35)19-26(22(3)4)32(37)38)34-33(39)43-20-23-11-8-7-9-12-23;1-18(2)21(27(33)20-11-12-25(38-9)26(15-20)39-14-10-13-37-8)16-23(31-29(36)40-30(5,6)7)24(32)17-22(19(3)4)28(34)35/h7-9,11-14,17,21-22,25-28,31,35-36H,10,15-16,18-20H2,1-6H3,(H,34,39)(H,37,38);11-12,15,18-19,21-24,27,32-33H,10,13-14,16-17H2,1-9H3,(H,31,36)(H,34,35)/t25-,26?,27-,28-,31?;21-,22?,23-,24-,27?/m00/s1. The second-order valence-electron chi connectivity index (χ2n) is 23.4. The minimum Gasteiger partial charge on any atom is -0.493 e. The second-order valence-corrected chi connectivity index (χ2v) is 23.4. The summed E-state index contributed by atoms with van der Waals surface area (Å²) in [6, 6.07) is 17.9. The normalized spacial score (nSPS) is 15.3. The summed E-state index contributed by atoms with van der Waals surface area (Å²) in [6.45, 7) is 22.1. The first-order valence-corrected chi connectivity index (χ1v) is 28.8. The van der Waals surface area contributed by atoms with E-state index >= 15 is 0 Å². The molecule has 0 saturated heterocycles. The number of ether oxygens (including phenoxy) is 8. The molecule has 8 N–H and O–H groups in total. The van der Waals surface area contributed by atoms with Crippen molar-refractivity contribution in [2.24, 2.45) is 47.3 Å². The molecule has 20 nitrogen and oxygen atoms in total. The molecule has 0 fully saturated rings. The van der Waals surface area contributed by atoms with Gasteiger partial charge in [0.2, 0.25) is 0 Å². The third-order valence-corrected chi connectivity index (χ3v) is 14.5. The van der Waals surface area contributed by atoms with Crippen LogP contribution in [0.15, 0.2) is 66.7 Å². The van der Waals surface area contributed by atoms with Gasteiger partial charge in [-0.2, -0.15) is 0 Å².